The molecule has 1 heterocycles. The molecule has 0 radical (unpaired) electrons. The molecular formula is C14H15Cl2N5O3. The van der Waals surface area contributed by atoms with E-state index in [9.17, 15) is 14.9 Å². The number of nitrogens with two attached hydrogens (primary N) is 1. The summed E-state index contributed by atoms with van der Waals surface area (Å²) < 4.78 is 1.31. The number of rotatable bonds is 7. The molecular weight excluding hydrogens is 357 g/mol. The van der Waals surface area contributed by atoms with Crippen molar-refractivity contribution in [1.82, 2.24) is 15.1 Å². The maximum atomic E-state index is 12.0. The minimum Gasteiger partial charge on any atom is -0.351 e. The molecule has 2 aromatic rings. The molecule has 0 fully saturated rings. The fraction of sp³-hybridized carbons (Fsp3) is 0.286. The van der Waals surface area contributed by atoms with Gasteiger partial charge in [-0.2, -0.15) is 5.10 Å². The number of halogens is 2. The first-order chi connectivity index (χ1) is 11.4. The van der Waals surface area contributed by atoms with Gasteiger partial charge in [0.25, 0.3) is 11.6 Å². The Labute approximate surface area is 147 Å². The molecule has 0 spiro atoms. The summed E-state index contributed by atoms with van der Waals surface area (Å²) in [5.74, 6) is -0.333. The minimum absolute atomic E-state index is 0.0622. The van der Waals surface area contributed by atoms with Crippen LogP contribution in [-0.4, -0.2) is 33.7 Å². The number of non-ortho nitro benzene ring substituents is 1. The predicted octanol–water partition coefficient (Wildman–Crippen LogP) is 2.56. The second kappa shape index (κ2) is 8.09. The number of hydrogen-bond donors (Lipinski definition) is 2. The van der Waals surface area contributed by atoms with Gasteiger partial charge in [0.2, 0.25) is 0 Å². The number of carbonyl (C=O) groups excluding carboxylic acids is 1. The van der Waals surface area contributed by atoms with Gasteiger partial charge in [-0.05, 0) is 25.5 Å². The predicted molar refractivity (Wildman–Crippen MR) is 90.9 cm³/mol. The highest BCUT2D eigenvalue weighted by atomic mass is 35.5. The second-order valence-electron chi connectivity index (χ2n) is 4.91. The lowest BCUT2D eigenvalue weighted by molar-refractivity contribution is -0.384. The monoisotopic (exact) mass is 371 g/mol. The summed E-state index contributed by atoms with van der Waals surface area (Å²) in [5, 5.41) is 17.8. The minimum atomic E-state index is -0.592. The van der Waals surface area contributed by atoms with E-state index in [1.165, 1.54) is 29.1 Å². The van der Waals surface area contributed by atoms with Gasteiger partial charge in [-0.3, -0.25) is 14.9 Å². The van der Waals surface area contributed by atoms with Gasteiger partial charge in [0.1, 0.15) is 5.69 Å². The van der Waals surface area contributed by atoms with E-state index in [4.69, 9.17) is 28.9 Å². The van der Waals surface area contributed by atoms with Crippen LogP contribution >= 0.6 is 23.2 Å². The first kappa shape index (κ1) is 18.2. The van der Waals surface area contributed by atoms with E-state index in [0.29, 0.717) is 13.1 Å². The van der Waals surface area contributed by atoms with E-state index >= 15 is 0 Å². The van der Waals surface area contributed by atoms with Crippen molar-refractivity contribution in [1.29, 1.82) is 0 Å². The normalized spacial score (nSPS) is 10.6. The van der Waals surface area contributed by atoms with E-state index in [0.717, 1.165) is 12.8 Å². The Morgan fingerprint density at radius 3 is 2.58 bits per heavy atom. The molecule has 0 bridgehead atoms. The molecule has 3 N–H and O–H groups in total. The molecule has 0 aliphatic carbocycles. The lowest BCUT2D eigenvalue weighted by Crippen LogP contribution is -2.25. The Kier molecular flexibility index (Phi) is 6.13. The highest BCUT2D eigenvalue weighted by Gasteiger charge is 2.18. The lowest BCUT2D eigenvalue weighted by atomic mass is 10.3. The number of nitro groups is 1. The Bertz CT molecular complexity index is 740. The van der Waals surface area contributed by atoms with Gasteiger partial charge < -0.3 is 11.1 Å². The topological polar surface area (TPSA) is 116 Å². The third kappa shape index (κ3) is 4.22. The zero-order chi connectivity index (χ0) is 17.7. The zero-order valence-electron chi connectivity index (χ0n) is 12.5. The van der Waals surface area contributed by atoms with Gasteiger partial charge in [0, 0.05) is 24.9 Å². The summed E-state index contributed by atoms with van der Waals surface area (Å²) >= 11 is 12.1. The van der Waals surface area contributed by atoms with Crippen LogP contribution < -0.4 is 11.1 Å². The molecule has 10 heteroatoms. The summed E-state index contributed by atoms with van der Waals surface area (Å²) in [5.41, 5.74) is 5.62. The fourth-order valence-electron chi connectivity index (χ4n) is 2.01. The first-order valence-electron chi connectivity index (χ1n) is 7.11. The lowest BCUT2D eigenvalue weighted by Gasteiger charge is -2.07. The smallest absolute Gasteiger partial charge is 0.272 e. The molecule has 0 unspecified atom stereocenters. The standard InChI is InChI=1S/C14H15Cl2N5O3/c15-10-7-9(21(23)24)8-11(16)13(10)20-6-3-12(19-20)14(22)18-5-2-1-4-17/h3,6-8H,1-2,4-5,17H2,(H,18,22). The van der Waals surface area contributed by atoms with Crippen LogP contribution in [0.2, 0.25) is 10.0 Å². The Hall–Kier alpha value is -2.16. The summed E-state index contributed by atoms with van der Waals surface area (Å²) in [7, 11) is 0. The molecule has 0 aliphatic heterocycles. The molecule has 0 atom stereocenters. The number of nitrogens with one attached hydrogen (secondary N) is 1. The van der Waals surface area contributed by atoms with Crippen molar-refractivity contribution in [3.05, 3.63) is 50.2 Å². The molecule has 0 aliphatic rings. The van der Waals surface area contributed by atoms with E-state index in [1.807, 2.05) is 0 Å². The zero-order valence-corrected chi connectivity index (χ0v) is 14.0. The Morgan fingerprint density at radius 2 is 2.00 bits per heavy atom. The highest BCUT2D eigenvalue weighted by molar-refractivity contribution is 6.38. The van der Waals surface area contributed by atoms with Crippen molar-refractivity contribution in [3.8, 4) is 5.69 Å². The molecule has 1 amide bonds. The van der Waals surface area contributed by atoms with Crippen LogP contribution in [0.5, 0.6) is 0 Å². The number of nitrogens with zero attached hydrogens (tertiary/aromatic N) is 3. The molecule has 0 saturated carbocycles. The van der Waals surface area contributed by atoms with Crippen molar-refractivity contribution in [3.63, 3.8) is 0 Å². The van der Waals surface area contributed by atoms with E-state index in [1.54, 1.807) is 0 Å². The third-order valence-electron chi connectivity index (χ3n) is 3.18. The summed E-state index contributed by atoms with van der Waals surface area (Å²) in [4.78, 5) is 22.2. The SMILES string of the molecule is NCCCCNC(=O)c1ccn(-c2c(Cl)cc([N+](=O)[O-])cc2Cl)n1. The van der Waals surface area contributed by atoms with Gasteiger partial charge in [0.05, 0.1) is 15.0 Å². The van der Waals surface area contributed by atoms with E-state index in [2.05, 4.69) is 10.4 Å². The van der Waals surface area contributed by atoms with Crippen LogP contribution in [-0.2, 0) is 0 Å². The molecule has 0 saturated heterocycles. The van der Waals surface area contributed by atoms with E-state index < -0.39 is 4.92 Å². The molecule has 2 rings (SSSR count). The van der Waals surface area contributed by atoms with Crippen LogP contribution in [0.25, 0.3) is 5.69 Å². The summed E-state index contributed by atoms with van der Waals surface area (Å²) in [6.45, 7) is 1.07. The Balaban J connectivity index is 2.19. The van der Waals surface area contributed by atoms with Crippen LogP contribution in [0.4, 0.5) is 5.69 Å². The van der Waals surface area contributed by atoms with Gasteiger partial charge in [0.15, 0.2) is 5.69 Å². The number of hydrogen-bond acceptors (Lipinski definition) is 5. The van der Waals surface area contributed by atoms with E-state index in [-0.39, 0.29) is 33.0 Å². The number of amides is 1. The van der Waals surface area contributed by atoms with Gasteiger partial charge in [-0.1, -0.05) is 23.2 Å². The van der Waals surface area contributed by atoms with Crippen LogP contribution in [0, 0.1) is 10.1 Å². The quantitative estimate of drug-likeness (QED) is 0.440. The number of unbranched alkanes of at least 4 members (excludes halogenated alkanes) is 1. The molecule has 8 nitrogen and oxygen atoms in total. The fourth-order valence-corrected chi connectivity index (χ4v) is 2.66. The van der Waals surface area contributed by atoms with Gasteiger partial charge in [-0.15, -0.1) is 0 Å². The summed E-state index contributed by atoms with van der Waals surface area (Å²) in [6.07, 6.45) is 3.11. The van der Waals surface area contributed by atoms with Crippen LogP contribution in [0.3, 0.4) is 0 Å². The number of aromatic nitrogens is 2. The average molecular weight is 372 g/mol. The highest BCUT2D eigenvalue weighted by Crippen LogP contribution is 2.32. The molecule has 1 aromatic carbocycles. The number of carbonyl (C=O) groups is 1. The maximum absolute atomic E-state index is 12.0. The van der Waals surface area contributed by atoms with Crippen molar-refractivity contribution in [2.45, 2.75) is 12.8 Å². The van der Waals surface area contributed by atoms with Crippen molar-refractivity contribution < 1.29 is 9.72 Å². The first-order valence-corrected chi connectivity index (χ1v) is 7.87. The number of benzene rings is 1. The average Bonchev–Trinajstić information content (AvgIpc) is 3.00. The van der Waals surface area contributed by atoms with Crippen LogP contribution in [0.15, 0.2) is 24.4 Å². The van der Waals surface area contributed by atoms with Crippen molar-refractivity contribution in [2.75, 3.05) is 13.1 Å². The van der Waals surface area contributed by atoms with Crippen LogP contribution in [0.1, 0.15) is 23.3 Å². The largest absolute Gasteiger partial charge is 0.351 e. The van der Waals surface area contributed by atoms with Crippen molar-refractivity contribution >= 4 is 34.8 Å². The third-order valence-corrected chi connectivity index (χ3v) is 3.76. The molecule has 24 heavy (non-hydrogen) atoms. The van der Waals surface area contributed by atoms with Crippen molar-refractivity contribution in [2.24, 2.45) is 5.73 Å². The maximum Gasteiger partial charge on any atom is 0.272 e. The second-order valence-corrected chi connectivity index (χ2v) is 5.73. The number of nitro benzene ring substituents is 1. The molecule has 1 aromatic heterocycles. The summed E-state index contributed by atoms with van der Waals surface area (Å²) in [6, 6.07) is 3.86. The van der Waals surface area contributed by atoms with Gasteiger partial charge >= 0.3 is 0 Å². The Morgan fingerprint density at radius 1 is 1.33 bits per heavy atom. The molecule has 128 valence electrons. The van der Waals surface area contributed by atoms with Gasteiger partial charge in [-0.25, -0.2) is 4.68 Å².